The minimum Gasteiger partial charge on any atom is -0.450 e. The summed E-state index contributed by atoms with van der Waals surface area (Å²) in [6.07, 6.45) is 2.65. The minimum atomic E-state index is -0.0286. The van der Waals surface area contributed by atoms with E-state index in [4.69, 9.17) is 4.42 Å². The van der Waals surface area contributed by atoms with Gasteiger partial charge in [0.2, 0.25) is 0 Å². The number of halogens is 2. The number of aliphatic imine (C=N–C) groups is 1. The molecule has 4 nitrogen and oxygen atoms in total. The fourth-order valence-electron chi connectivity index (χ4n) is 2.19. The molecule has 0 spiro atoms. The quantitative estimate of drug-likeness (QED) is 0.389. The maximum absolute atomic E-state index is 12.7. The lowest BCUT2D eigenvalue weighted by molar-refractivity contribution is -0.122. The van der Waals surface area contributed by atoms with Crippen LogP contribution in [0.25, 0.3) is 6.08 Å². The molecule has 0 bridgehead atoms. The Morgan fingerprint density at radius 3 is 2.75 bits per heavy atom. The van der Waals surface area contributed by atoms with E-state index in [0.717, 1.165) is 20.3 Å². The van der Waals surface area contributed by atoms with Crippen LogP contribution in [0.1, 0.15) is 19.1 Å². The number of furan rings is 1. The summed E-state index contributed by atoms with van der Waals surface area (Å²) in [6.45, 7) is 2.69. The molecule has 0 saturated carbocycles. The zero-order chi connectivity index (χ0) is 17.1. The normalized spacial score (nSPS) is 18.1. The van der Waals surface area contributed by atoms with Crippen molar-refractivity contribution in [2.45, 2.75) is 13.3 Å². The highest BCUT2D eigenvalue weighted by Gasteiger charge is 2.33. The van der Waals surface area contributed by atoms with Crippen molar-refractivity contribution in [1.82, 2.24) is 4.90 Å². The smallest absolute Gasteiger partial charge is 0.266 e. The van der Waals surface area contributed by atoms with Crippen LogP contribution in [0.4, 0.5) is 5.69 Å². The lowest BCUT2D eigenvalue weighted by Crippen LogP contribution is -2.29. The Morgan fingerprint density at radius 1 is 1.38 bits per heavy atom. The van der Waals surface area contributed by atoms with Gasteiger partial charge in [0.05, 0.1) is 15.1 Å². The van der Waals surface area contributed by atoms with Crippen molar-refractivity contribution in [3.63, 3.8) is 0 Å². The number of carbonyl (C=O) groups is 1. The third kappa shape index (κ3) is 3.94. The van der Waals surface area contributed by atoms with E-state index < -0.39 is 0 Å². The van der Waals surface area contributed by atoms with Gasteiger partial charge in [-0.2, -0.15) is 0 Å². The molecule has 1 fully saturated rings. The number of amides is 1. The standard InChI is InChI=1S/C17H14BrIN2O2S/c1-2-8-21-16(22)14(10-12-9-13(18)15(19)23-12)24-17(21)20-11-6-4-3-5-7-11/h3-7,9-10H,2,8H2,1H3/b14-10-,20-17?. The molecule has 1 aromatic heterocycles. The van der Waals surface area contributed by atoms with Crippen molar-refractivity contribution >= 4 is 73.1 Å². The summed E-state index contributed by atoms with van der Waals surface area (Å²) in [6, 6.07) is 11.5. The van der Waals surface area contributed by atoms with Gasteiger partial charge >= 0.3 is 0 Å². The Morgan fingerprint density at radius 2 is 2.12 bits per heavy atom. The summed E-state index contributed by atoms with van der Waals surface area (Å²) in [5.74, 6) is 0.624. The summed E-state index contributed by atoms with van der Waals surface area (Å²) < 4.78 is 7.26. The molecule has 0 N–H and O–H groups in total. The molecule has 2 aromatic rings. The van der Waals surface area contributed by atoms with Crippen molar-refractivity contribution in [1.29, 1.82) is 0 Å². The van der Waals surface area contributed by atoms with E-state index in [2.05, 4.69) is 43.5 Å². The third-order valence-electron chi connectivity index (χ3n) is 3.25. The molecule has 1 amide bonds. The Balaban J connectivity index is 1.93. The second-order valence-corrected chi connectivity index (χ2v) is 7.91. The average Bonchev–Trinajstić information content (AvgIpc) is 3.03. The lowest BCUT2D eigenvalue weighted by Gasteiger charge is -2.13. The molecule has 1 saturated heterocycles. The first-order valence-corrected chi connectivity index (χ1v) is 10.1. The first-order valence-electron chi connectivity index (χ1n) is 7.38. The van der Waals surface area contributed by atoms with Crippen LogP contribution in [0.15, 0.2) is 55.2 Å². The van der Waals surface area contributed by atoms with Gasteiger partial charge in [0.25, 0.3) is 5.91 Å². The van der Waals surface area contributed by atoms with Crippen LogP contribution in [0.2, 0.25) is 0 Å². The number of hydrogen-bond donors (Lipinski definition) is 0. The van der Waals surface area contributed by atoms with Gasteiger partial charge in [-0.05, 0) is 52.3 Å². The summed E-state index contributed by atoms with van der Waals surface area (Å²) in [4.78, 5) is 19.7. The van der Waals surface area contributed by atoms with Gasteiger partial charge in [-0.25, -0.2) is 4.99 Å². The maximum Gasteiger partial charge on any atom is 0.266 e. The van der Waals surface area contributed by atoms with Crippen LogP contribution < -0.4 is 0 Å². The van der Waals surface area contributed by atoms with Crippen molar-refractivity contribution in [2.24, 2.45) is 4.99 Å². The highest BCUT2D eigenvalue weighted by atomic mass is 127. The minimum absolute atomic E-state index is 0.0286. The fourth-order valence-corrected chi connectivity index (χ4v) is 3.91. The van der Waals surface area contributed by atoms with Crippen LogP contribution in [0.5, 0.6) is 0 Å². The van der Waals surface area contributed by atoms with E-state index in [1.54, 1.807) is 11.0 Å². The van der Waals surface area contributed by atoms with E-state index in [1.807, 2.05) is 43.3 Å². The van der Waals surface area contributed by atoms with Crippen LogP contribution in [0, 0.1) is 3.77 Å². The summed E-state index contributed by atoms with van der Waals surface area (Å²) in [5, 5.41) is 0.708. The molecule has 0 unspecified atom stereocenters. The van der Waals surface area contributed by atoms with Crippen LogP contribution in [0.3, 0.4) is 0 Å². The zero-order valence-corrected chi connectivity index (χ0v) is 17.4. The van der Waals surface area contributed by atoms with Gasteiger partial charge in [-0.1, -0.05) is 25.1 Å². The molecule has 0 radical (unpaired) electrons. The number of benzene rings is 1. The van der Waals surface area contributed by atoms with Gasteiger partial charge in [0.15, 0.2) is 8.93 Å². The largest absolute Gasteiger partial charge is 0.450 e. The third-order valence-corrected chi connectivity index (χ3v) is 6.39. The van der Waals surface area contributed by atoms with Crippen LogP contribution in [-0.4, -0.2) is 22.5 Å². The number of carbonyl (C=O) groups excluding carboxylic acids is 1. The maximum atomic E-state index is 12.7. The predicted octanol–water partition coefficient (Wildman–Crippen LogP) is 5.66. The number of thioether (sulfide) groups is 1. The van der Waals surface area contributed by atoms with E-state index in [0.29, 0.717) is 22.4 Å². The summed E-state index contributed by atoms with van der Waals surface area (Å²) in [7, 11) is 0. The molecular weight excluding hydrogens is 503 g/mol. The monoisotopic (exact) mass is 516 g/mol. The molecule has 1 aliphatic heterocycles. The molecule has 124 valence electrons. The fraction of sp³-hybridized carbons (Fsp3) is 0.176. The number of para-hydroxylation sites is 1. The van der Waals surface area contributed by atoms with E-state index in [-0.39, 0.29) is 5.91 Å². The molecule has 3 rings (SSSR count). The predicted molar refractivity (Wildman–Crippen MR) is 110 cm³/mol. The highest BCUT2D eigenvalue weighted by molar-refractivity contribution is 14.1. The highest BCUT2D eigenvalue weighted by Crippen LogP contribution is 2.35. The molecule has 2 heterocycles. The van der Waals surface area contributed by atoms with Crippen molar-refractivity contribution in [2.75, 3.05) is 6.54 Å². The first-order chi connectivity index (χ1) is 11.6. The van der Waals surface area contributed by atoms with E-state index in [1.165, 1.54) is 11.8 Å². The molecule has 1 aliphatic rings. The second kappa shape index (κ2) is 7.88. The van der Waals surface area contributed by atoms with E-state index >= 15 is 0 Å². The molecule has 0 aliphatic carbocycles. The number of amidine groups is 1. The van der Waals surface area contributed by atoms with Gasteiger partial charge in [-0.15, -0.1) is 0 Å². The van der Waals surface area contributed by atoms with Crippen LogP contribution >= 0.6 is 50.3 Å². The molecule has 0 atom stereocenters. The van der Waals surface area contributed by atoms with Crippen LogP contribution in [-0.2, 0) is 4.79 Å². The molecule has 1 aromatic carbocycles. The Kier molecular flexibility index (Phi) is 5.83. The van der Waals surface area contributed by atoms with Gasteiger partial charge in [0.1, 0.15) is 5.76 Å². The van der Waals surface area contributed by atoms with Gasteiger partial charge in [-0.3, -0.25) is 9.69 Å². The molecule has 24 heavy (non-hydrogen) atoms. The zero-order valence-electron chi connectivity index (χ0n) is 12.8. The SMILES string of the molecule is CCCN1C(=O)/C(=C/c2cc(Br)c(I)o2)SC1=Nc1ccccc1. The first kappa shape index (κ1) is 17.8. The Hall–Kier alpha value is -1.06. The topological polar surface area (TPSA) is 45.8 Å². The number of hydrogen-bond acceptors (Lipinski definition) is 4. The summed E-state index contributed by atoms with van der Waals surface area (Å²) in [5.41, 5.74) is 0.838. The van der Waals surface area contributed by atoms with Gasteiger partial charge < -0.3 is 4.42 Å². The average molecular weight is 517 g/mol. The Bertz CT molecular complexity index is 798. The second-order valence-electron chi connectivity index (χ2n) is 5.07. The van der Waals surface area contributed by atoms with Crippen molar-refractivity contribution < 1.29 is 9.21 Å². The lowest BCUT2D eigenvalue weighted by atomic mass is 10.3. The number of nitrogens with zero attached hydrogens (tertiary/aromatic N) is 2. The van der Waals surface area contributed by atoms with Gasteiger partial charge in [0, 0.05) is 35.2 Å². The summed E-state index contributed by atoms with van der Waals surface area (Å²) >= 11 is 6.90. The Labute approximate surface area is 166 Å². The molecule has 7 heteroatoms. The van der Waals surface area contributed by atoms with E-state index in [9.17, 15) is 4.79 Å². The van der Waals surface area contributed by atoms with Crippen molar-refractivity contribution in [3.8, 4) is 0 Å². The van der Waals surface area contributed by atoms with Crippen molar-refractivity contribution in [3.05, 3.63) is 55.3 Å². The number of rotatable bonds is 4. The molecular formula is C17H14BrIN2O2S.